The number of hydrogen-bond acceptors (Lipinski definition) is 3. The van der Waals surface area contributed by atoms with Crippen LogP contribution in [-0.2, 0) is 0 Å². The SMILES string of the molecule is Cc1ccc(/C=C(\C#N)c2nc3cc(C)c(C)cc3[nH]2)o1. The quantitative estimate of drug-likeness (QED) is 0.716. The summed E-state index contributed by atoms with van der Waals surface area (Å²) in [5.74, 6) is 2.03. The minimum Gasteiger partial charge on any atom is -0.462 e. The first kappa shape index (κ1) is 13.2. The zero-order valence-electron chi connectivity index (χ0n) is 12.2. The summed E-state index contributed by atoms with van der Waals surface area (Å²) in [7, 11) is 0. The van der Waals surface area contributed by atoms with E-state index in [0.717, 1.165) is 16.8 Å². The van der Waals surface area contributed by atoms with Crippen molar-refractivity contribution in [3.05, 3.63) is 52.7 Å². The number of aromatic nitrogens is 2. The Morgan fingerprint density at radius 3 is 2.67 bits per heavy atom. The standard InChI is InChI=1S/C17H15N3O/c1-10-6-15-16(7-11(10)2)20-17(19-15)13(9-18)8-14-5-4-12(3)21-14/h4-8H,1-3H3,(H,19,20)/b13-8+. The second-order valence-corrected chi connectivity index (χ2v) is 5.16. The molecule has 0 amide bonds. The molecule has 0 unspecified atom stereocenters. The Morgan fingerprint density at radius 1 is 1.24 bits per heavy atom. The molecule has 3 rings (SSSR count). The Hall–Kier alpha value is -2.80. The van der Waals surface area contributed by atoms with Crippen LogP contribution in [-0.4, -0.2) is 9.97 Å². The molecule has 0 radical (unpaired) electrons. The van der Waals surface area contributed by atoms with Gasteiger partial charge in [0.2, 0.25) is 0 Å². The lowest BCUT2D eigenvalue weighted by Crippen LogP contribution is -1.84. The topological polar surface area (TPSA) is 65.6 Å². The first-order chi connectivity index (χ1) is 10.1. The summed E-state index contributed by atoms with van der Waals surface area (Å²) in [5, 5.41) is 9.36. The summed E-state index contributed by atoms with van der Waals surface area (Å²) < 4.78 is 5.48. The molecule has 0 fully saturated rings. The number of aromatic amines is 1. The third-order valence-corrected chi connectivity index (χ3v) is 3.52. The van der Waals surface area contributed by atoms with Gasteiger partial charge in [0, 0.05) is 6.08 Å². The van der Waals surface area contributed by atoms with Gasteiger partial charge in [0.25, 0.3) is 0 Å². The van der Waals surface area contributed by atoms with Crippen LogP contribution in [0.2, 0.25) is 0 Å². The maximum Gasteiger partial charge on any atom is 0.149 e. The molecule has 4 heteroatoms. The number of imidazole rings is 1. The van der Waals surface area contributed by atoms with Crippen molar-refractivity contribution in [2.24, 2.45) is 0 Å². The number of aryl methyl sites for hydroxylation is 3. The Labute approximate surface area is 122 Å². The highest BCUT2D eigenvalue weighted by Gasteiger charge is 2.10. The largest absolute Gasteiger partial charge is 0.462 e. The Bertz CT molecular complexity index is 852. The summed E-state index contributed by atoms with van der Waals surface area (Å²) in [5.41, 5.74) is 4.64. The molecule has 4 nitrogen and oxygen atoms in total. The first-order valence-corrected chi connectivity index (χ1v) is 6.72. The van der Waals surface area contributed by atoms with Crippen molar-refractivity contribution < 1.29 is 4.42 Å². The predicted octanol–water partition coefficient (Wildman–Crippen LogP) is 4.15. The molecule has 0 spiro atoms. The van der Waals surface area contributed by atoms with E-state index in [1.54, 1.807) is 6.08 Å². The number of furan rings is 1. The monoisotopic (exact) mass is 277 g/mol. The van der Waals surface area contributed by atoms with E-state index < -0.39 is 0 Å². The zero-order valence-corrected chi connectivity index (χ0v) is 12.2. The fourth-order valence-corrected chi connectivity index (χ4v) is 2.22. The highest BCUT2D eigenvalue weighted by atomic mass is 16.3. The lowest BCUT2D eigenvalue weighted by Gasteiger charge is -1.97. The number of nitrogens with one attached hydrogen (secondary N) is 1. The maximum absolute atomic E-state index is 9.36. The summed E-state index contributed by atoms with van der Waals surface area (Å²) >= 11 is 0. The van der Waals surface area contributed by atoms with Crippen LogP contribution in [0.5, 0.6) is 0 Å². The van der Waals surface area contributed by atoms with Crippen molar-refractivity contribution in [3.63, 3.8) is 0 Å². The van der Waals surface area contributed by atoms with Crippen molar-refractivity contribution in [1.82, 2.24) is 9.97 Å². The number of nitrogens with zero attached hydrogens (tertiary/aromatic N) is 2. The molecule has 2 heterocycles. The highest BCUT2D eigenvalue weighted by molar-refractivity contribution is 5.89. The van der Waals surface area contributed by atoms with E-state index in [9.17, 15) is 5.26 Å². The molecule has 0 aliphatic heterocycles. The van der Waals surface area contributed by atoms with Gasteiger partial charge in [-0.3, -0.25) is 0 Å². The van der Waals surface area contributed by atoms with Gasteiger partial charge in [0.05, 0.1) is 16.6 Å². The van der Waals surface area contributed by atoms with Crippen LogP contribution in [0.15, 0.2) is 28.7 Å². The minimum atomic E-state index is 0.454. The number of H-pyrrole nitrogens is 1. The lowest BCUT2D eigenvalue weighted by atomic mass is 10.1. The van der Waals surface area contributed by atoms with E-state index in [0.29, 0.717) is 17.2 Å². The molecule has 21 heavy (non-hydrogen) atoms. The van der Waals surface area contributed by atoms with E-state index in [-0.39, 0.29) is 0 Å². The molecular formula is C17H15N3O. The normalized spacial score (nSPS) is 11.8. The molecule has 0 saturated heterocycles. The lowest BCUT2D eigenvalue weighted by molar-refractivity contribution is 0.525. The van der Waals surface area contributed by atoms with Gasteiger partial charge in [0.15, 0.2) is 0 Å². The number of nitriles is 1. The molecule has 104 valence electrons. The molecule has 0 atom stereocenters. The molecule has 0 aliphatic rings. The van der Waals surface area contributed by atoms with Crippen molar-refractivity contribution >= 4 is 22.7 Å². The second-order valence-electron chi connectivity index (χ2n) is 5.16. The van der Waals surface area contributed by atoms with E-state index in [1.165, 1.54) is 11.1 Å². The second kappa shape index (κ2) is 4.95. The van der Waals surface area contributed by atoms with E-state index >= 15 is 0 Å². The zero-order chi connectivity index (χ0) is 15.0. The van der Waals surface area contributed by atoms with Crippen molar-refractivity contribution in [2.75, 3.05) is 0 Å². The molecule has 0 bridgehead atoms. The molecule has 1 N–H and O–H groups in total. The minimum absolute atomic E-state index is 0.454. The Kier molecular flexibility index (Phi) is 3.11. The number of rotatable bonds is 2. The predicted molar refractivity (Wildman–Crippen MR) is 82.5 cm³/mol. The van der Waals surface area contributed by atoms with Gasteiger partial charge in [0.1, 0.15) is 23.4 Å². The van der Waals surface area contributed by atoms with Crippen LogP contribution >= 0.6 is 0 Å². The van der Waals surface area contributed by atoms with E-state index in [1.807, 2.05) is 31.2 Å². The van der Waals surface area contributed by atoms with Gasteiger partial charge in [-0.25, -0.2) is 4.98 Å². The van der Waals surface area contributed by atoms with Crippen LogP contribution < -0.4 is 0 Å². The molecular weight excluding hydrogens is 262 g/mol. The third kappa shape index (κ3) is 2.46. The Balaban J connectivity index is 2.09. The molecule has 0 aliphatic carbocycles. The number of hydrogen-bond donors (Lipinski definition) is 1. The van der Waals surface area contributed by atoms with Gasteiger partial charge in [-0.15, -0.1) is 0 Å². The van der Waals surface area contributed by atoms with Crippen LogP contribution in [0.4, 0.5) is 0 Å². The fourth-order valence-electron chi connectivity index (χ4n) is 2.22. The Morgan fingerprint density at radius 2 is 2.00 bits per heavy atom. The smallest absolute Gasteiger partial charge is 0.149 e. The number of fused-ring (bicyclic) bond motifs is 1. The van der Waals surface area contributed by atoms with Gasteiger partial charge in [-0.05, 0) is 56.2 Å². The summed E-state index contributed by atoms with van der Waals surface area (Å²) in [4.78, 5) is 7.70. The van der Waals surface area contributed by atoms with Crippen LogP contribution in [0, 0.1) is 32.1 Å². The third-order valence-electron chi connectivity index (χ3n) is 3.52. The van der Waals surface area contributed by atoms with E-state index in [2.05, 4.69) is 29.9 Å². The molecule has 0 saturated carbocycles. The van der Waals surface area contributed by atoms with E-state index in [4.69, 9.17) is 4.42 Å². The first-order valence-electron chi connectivity index (χ1n) is 6.72. The molecule has 1 aromatic carbocycles. The average Bonchev–Trinajstić information content (AvgIpc) is 3.03. The number of allylic oxidation sites excluding steroid dienone is 1. The molecule has 3 aromatic rings. The van der Waals surface area contributed by atoms with Crippen LogP contribution in [0.3, 0.4) is 0 Å². The summed E-state index contributed by atoms with van der Waals surface area (Å²) in [6, 6.07) is 9.95. The van der Waals surface area contributed by atoms with Gasteiger partial charge < -0.3 is 9.40 Å². The van der Waals surface area contributed by atoms with Gasteiger partial charge in [-0.1, -0.05) is 0 Å². The number of benzene rings is 1. The van der Waals surface area contributed by atoms with Crippen LogP contribution in [0.25, 0.3) is 22.7 Å². The van der Waals surface area contributed by atoms with Crippen LogP contribution in [0.1, 0.15) is 28.5 Å². The van der Waals surface area contributed by atoms with Crippen molar-refractivity contribution in [1.29, 1.82) is 5.26 Å². The van der Waals surface area contributed by atoms with Crippen molar-refractivity contribution in [2.45, 2.75) is 20.8 Å². The van der Waals surface area contributed by atoms with Gasteiger partial charge in [-0.2, -0.15) is 5.26 Å². The summed E-state index contributed by atoms with van der Waals surface area (Å²) in [6.45, 7) is 5.98. The fraction of sp³-hybridized carbons (Fsp3) is 0.176. The highest BCUT2D eigenvalue weighted by Crippen LogP contribution is 2.22. The molecule has 2 aromatic heterocycles. The maximum atomic E-state index is 9.36. The van der Waals surface area contributed by atoms with Crippen molar-refractivity contribution in [3.8, 4) is 6.07 Å². The average molecular weight is 277 g/mol. The summed E-state index contributed by atoms with van der Waals surface area (Å²) in [6.07, 6.45) is 1.70. The van der Waals surface area contributed by atoms with Gasteiger partial charge >= 0.3 is 0 Å².